The molecule has 3 aliphatic heterocycles. The van der Waals surface area contributed by atoms with Gasteiger partial charge in [-0.3, -0.25) is 9.59 Å². The lowest BCUT2D eigenvalue weighted by Gasteiger charge is -2.51. The maximum atomic E-state index is 13.6. The summed E-state index contributed by atoms with van der Waals surface area (Å²) in [5.41, 5.74) is 3.82. The minimum atomic E-state index is -0.448. The predicted octanol–water partition coefficient (Wildman–Crippen LogP) is 2.17. The summed E-state index contributed by atoms with van der Waals surface area (Å²) in [6.07, 6.45) is 1.86. The molecule has 0 spiro atoms. The Morgan fingerprint density at radius 1 is 0.857 bits per heavy atom. The number of carbonyl (C=O) groups is 2. The van der Waals surface area contributed by atoms with E-state index in [9.17, 15) is 9.59 Å². The number of aryl methyl sites for hydroxylation is 1. The Hall–Kier alpha value is -2.76. The molecule has 3 aliphatic rings. The lowest BCUT2D eigenvalue weighted by atomic mass is 9.82. The molecule has 182 valence electrons. The average molecular weight is 534 g/mol. The highest BCUT2D eigenvalue weighted by atomic mass is 79.9. The summed E-state index contributed by atoms with van der Waals surface area (Å²) in [6.45, 7) is 5.22. The number of fused-ring (bicyclic) bond motifs is 3. The number of halogens is 1. The van der Waals surface area contributed by atoms with Crippen molar-refractivity contribution in [2.45, 2.75) is 31.8 Å². The number of nitrogens with zero attached hydrogens (tertiary/aromatic N) is 1. The second-order valence-corrected chi connectivity index (χ2v) is 9.99. The lowest BCUT2D eigenvalue weighted by molar-refractivity contribution is -0.938. The van der Waals surface area contributed by atoms with Crippen molar-refractivity contribution < 1.29 is 35.8 Å². The van der Waals surface area contributed by atoms with Gasteiger partial charge in [-0.1, -0.05) is 90.5 Å². The minimum absolute atomic E-state index is 0. The van der Waals surface area contributed by atoms with Gasteiger partial charge in [0.15, 0.2) is 6.10 Å². The lowest BCUT2D eigenvalue weighted by Crippen LogP contribution is -3.00. The molecule has 2 atom stereocenters. The standard InChI is InChI=1S/C30H32NO3.BrH/c1-22-12-14-26(15-13-22)29(25-10-6-3-7-11-25)30(33)34-28-21-31(18-16-24(28)17-19-31)20-27(32)23-8-4-2-5-9-23;/h2-15,24,28-29H,16-21H2,1H3;1H/q+1;/p-1/t24?,28-,29?,31?;/m0./s1. The number of rotatable bonds is 7. The van der Waals surface area contributed by atoms with E-state index in [0.29, 0.717) is 12.5 Å². The third-order valence-corrected chi connectivity index (χ3v) is 7.66. The van der Waals surface area contributed by atoms with E-state index in [1.807, 2.05) is 91.9 Å². The number of piperidine rings is 3. The van der Waals surface area contributed by atoms with E-state index in [-0.39, 0.29) is 34.8 Å². The van der Waals surface area contributed by atoms with E-state index < -0.39 is 5.92 Å². The first-order chi connectivity index (χ1) is 16.5. The second kappa shape index (κ2) is 10.9. The third kappa shape index (κ3) is 5.57. The molecule has 4 nitrogen and oxygen atoms in total. The van der Waals surface area contributed by atoms with E-state index >= 15 is 0 Å². The fourth-order valence-corrected chi connectivity index (χ4v) is 5.68. The van der Waals surface area contributed by atoms with Crippen LogP contribution in [0.25, 0.3) is 0 Å². The normalized spacial score (nSPS) is 23.7. The first-order valence-corrected chi connectivity index (χ1v) is 12.3. The summed E-state index contributed by atoms with van der Waals surface area (Å²) in [6, 6.07) is 27.6. The Morgan fingerprint density at radius 3 is 2.06 bits per heavy atom. The topological polar surface area (TPSA) is 43.4 Å². The highest BCUT2D eigenvalue weighted by molar-refractivity contribution is 5.97. The van der Waals surface area contributed by atoms with Crippen LogP contribution >= 0.6 is 0 Å². The highest BCUT2D eigenvalue weighted by Gasteiger charge is 2.49. The molecule has 3 fully saturated rings. The van der Waals surface area contributed by atoms with Crippen molar-refractivity contribution in [1.82, 2.24) is 0 Å². The quantitative estimate of drug-likeness (QED) is 0.265. The van der Waals surface area contributed by atoms with Gasteiger partial charge in [-0.05, 0) is 18.1 Å². The third-order valence-electron chi connectivity index (χ3n) is 7.66. The van der Waals surface area contributed by atoms with Gasteiger partial charge in [0, 0.05) is 24.3 Å². The van der Waals surface area contributed by atoms with Crippen molar-refractivity contribution in [1.29, 1.82) is 0 Å². The molecule has 1 unspecified atom stereocenters. The smallest absolute Gasteiger partial charge is 0.318 e. The Morgan fingerprint density at radius 2 is 1.43 bits per heavy atom. The molecule has 0 aliphatic carbocycles. The molecule has 0 N–H and O–H groups in total. The summed E-state index contributed by atoms with van der Waals surface area (Å²) >= 11 is 0. The van der Waals surface area contributed by atoms with Crippen molar-refractivity contribution in [3.05, 3.63) is 107 Å². The first kappa shape index (κ1) is 25.3. The number of ketones is 1. The Bertz CT molecular complexity index is 1140. The van der Waals surface area contributed by atoms with Crippen molar-refractivity contribution in [2.75, 3.05) is 26.2 Å². The van der Waals surface area contributed by atoms with Crippen LogP contribution in [0.4, 0.5) is 0 Å². The van der Waals surface area contributed by atoms with Gasteiger partial charge in [0.2, 0.25) is 5.78 Å². The van der Waals surface area contributed by atoms with Crippen molar-refractivity contribution in [3.8, 4) is 0 Å². The van der Waals surface area contributed by atoms with Crippen LogP contribution in [0, 0.1) is 12.8 Å². The summed E-state index contributed by atoms with van der Waals surface area (Å²) in [4.78, 5) is 26.6. The minimum Gasteiger partial charge on any atom is -1.00 e. The maximum absolute atomic E-state index is 13.6. The van der Waals surface area contributed by atoms with Crippen LogP contribution in [-0.4, -0.2) is 48.5 Å². The summed E-state index contributed by atoms with van der Waals surface area (Å²) in [5.74, 6) is -0.0870. The van der Waals surface area contributed by atoms with Crippen molar-refractivity contribution in [3.63, 3.8) is 0 Å². The number of hydrogen-bond acceptors (Lipinski definition) is 3. The molecule has 5 heteroatoms. The van der Waals surface area contributed by atoms with Crippen LogP contribution in [0.15, 0.2) is 84.9 Å². The highest BCUT2D eigenvalue weighted by Crippen LogP contribution is 2.37. The van der Waals surface area contributed by atoms with E-state index in [2.05, 4.69) is 0 Å². The van der Waals surface area contributed by atoms with Gasteiger partial charge < -0.3 is 26.2 Å². The number of benzene rings is 3. The molecule has 0 amide bonds. The molecule has 3 aromatic rings. The number of carbonyl (C=O) groups excluding carboxylic acids is 2. The van der Waals surface area contributed by atoms with Crippen LogP contribution in [0.2, 0.25) is 0 Å². The molecule has 35 heavy (non-hydrogen) atoms. The monoisotopic (exact) mass is 533 g/mol. The number of esters is 1. The Labute approximate surface area is 218 Å². The summed E-state index contributed by atoms with van der Waals surface area (Å²) < 4.78 is 7.00. The summed E-state index contributed by atoms with van der Waals surface area (Å²) in [7, 11) is 0. The molecule has 3 heterocycles. The number of quaternary nitrogens is 1. The summed E-state index contributed by atoms with van der Waals surface area (Å²) in [5, 5.41) is 0. The van der Waals surface area contributed by atoms with E-state index in [0.717, 1.165) is 59.2 Å². The second-order valence-electron chi connectivity index (χ2n) is 9.99. The van der Waals surface area contributed by atoms with Gasteiger partial charge in [0.05, 0.1) is 13.1 Å². The molecular weight excluding hydrogens is 502 g/mol. The van der Waals surface area contributed by atoms with Crippen LogP contribution in [0.1, 0.15) is 45.8 Å². The zero-order valence-corrected chi connectivity index (χ0v) is 21.7. The van der Waals surface area contributed by atoms with Crippen molar-refractivity contribution >= 4 is 11.8 Å². The molecule has 2 bridgehead atoms. The number of ether oxygens (including phenoxy) is 1. The number of hydrogen-bond donors (Lipinski definition) is 0. The maximum Gasteiger partial charge on any atom is 0.318 e. The van der Waals surface area contributed by atoms with Gasteiger partial charge >= 0.3 is 5.97 Å². The predicted molar refractivity (Wildman–Crippen MR) is 133 cm³/mol. The van der Waals surface area contributed by atoms with Crippen molar-refractivity contribution in [2.24, 2.45) is 5.92 Å². The molecular formula is C30H32BrNO3. The van der Waals surface area contributed by atoms with Gasteiger partial charge in [-0.25, -0.2) is 0 Å². The average Bonchev–Trinajstić information content (AvgIpc) is 2.87. The van der Waals surface area contributed by atoms with Gasteiger partial charge in [-0.2, -0.15) is 0 Å². The van der Waals surface area contributed by atoms with Gasteiger partial charge in [-0.15, -0.1) is 0 Å². The largest absolute Gasteiger partial charge is 1.00 e. The Balaban J connectivity index is 0.00000289. The van der Waals surface area contributed by atoms with E-state index in [4.69, 9.17) is 4.74 Å². The van der Waals surface area contributed by atoms with E-state index in [1.165, 1.54) is 0 Å². The van der Waals surface area contributed by atoms with Crippen LogP contribution < -0.4 is 17.0 Å². The van der Waals surface area contributed by atoms with Crippen LogP contribution in [-0.2, 0) is 9.53 Å². The van der Waals surface area contributed by atoms with Crippen LogP contribution in [0.5, 0.6) is 0 Å². The zero-order valence-electron chi connectivity index (χ0n) is 20.1. The van der Waals surface area contributed by atoms with E-state index in [1.54, 1.807) is 0 Å². The first-order valence-electron chi connectivity index (χ1n) is 12.3. The molecule has 3 saturated heterocycles. The fraction of sp³-hybridized carbons (Fsp3) is 0.333. The molecule has 3 aromatic carbocycles. The zero-order chi connectivity index (χ0) is 23.5. The Kier molecular flexibility index (Phi) is 7.88. The fourth-order valence-electron chi connectivity index (χ4n) is 5.68. The molecule has 6 rings (SSSR count). The van der Waals surface area contributed by atoms with Crippen LogP contribution in [0.3, 0.4) is 0 Å². The number of Topliss-reactive ketones (excluding diaryl/α,β-unsaturated/α-hetero) is 1. The van der Waals surface area contributed by atoms with Gasteiger partial charge in [0.25, 0.3) is 0 Å². The molecule has 0 saturated carbocycles. The van der Waals surface area contributed by atoms with Gasteiger partial charge in [0.1, 0.15) is 19.0 Å². The molecule has 0 radical (unpaired) electrons. The SMILES string of the molecule is Cc1ccc(C(C(=O)O[C@H]2C[N+]3(CC(=O)c4ccccc4)CCC2CC3)c2ccccc2)cc1.[Br-]. The molecule has 0 aromatic heterocycles.